The van der Waals surface area contributed by atoms with E-state index in [1.54, 1.807) is 0 Å². The molecule has 0 aromatic heterocycles. The fraction of sp³-hybridized carbons (Fsp3) is 1.00. The maximum Gasteiger partial charge on any atom is 0.248 e. The fourth-order valence-corrected chi connectivity index (χ4v) is 1.75. The maximum atomic E-state index is 12.7. The van der Waals surface area contributed by atoms with Crippen LogP contribution < -0.4 is 0 Å². The van der Waals surface area contributed by atoms with Crippen molar-refractivity contribution in [3.63, 3.8) is 0 Å². The molecule has 0 aliphatic heterocycles. The Labute approximate surface area is 76.9 Å². The van der Waals surface area contributed by atoms with Crippen molar-refractivity contribution in [1.82, 2.24) is 0 Å². The van der Waals surface area contributed by atoms with Gasteiger partial charge in [-0.05, 0) is 18.8 Å². The molecule has 0 spiro atoms. The third-order valence-corrected chi connectivity index (χ3v) is 2.64. The van der Waals surface area contributed by atoms with Crippen LogP contribution in [0.5, 0.6) is 0 Å². The van der Waals surface area contributed by atoms with E-state index < -0.39 is 12.0 Å². The molecular formula is C9H16F2O2. The van der Waals surface area contributed by atoms with Crippen molar-refractivity contribution < 1.29 is 18.6 Å². The standard InChI is InChI=1S/C9H16F2O2/c1-13-6-8(12)7-2-4-9(10,11)5-3-7/h7-8,12H,2-6H2,1H3. The number of aliphatic hydroxyl groups excluding tert-OH is 1. The number of rotatable bonds is 3. The molecule has 1 unspecified atom stereocenters. The number of hydrogen-bond donors (Lipinski definition) is 1. The molecule has 2 nitrogen and oxygen atoms in total. The lowest BCUT2D eigenvalue weighted by molar-refractivity contribution is -0.0711. The summed E-state index contributed by atoms with van der Waals surface area (Å²) in [5.41, 5.74) is 0. The minimum Gasteiger partial charge on any atom is -0.390 e. The van der Waals surface area contributed by atoms with Crippen LogP contribution >= 0.6 is 0 Å². The fourth-order valence-electron chi connectivity index (χ4n) is 1.75. The largest absolute Gasteiger partial charge is 0.390 e. The number of aliphatic hydroxyl groups is 1. The quantitative estimate of drug-likeness (QED) is 0.742. The molecule has 0 radical (unpaired) electrons. The lowest BCUT2D eigenvalue weighted by Gasteiger charge is -2.30. The first-order chi connectivity index (χ1) is 6.05. The number of hydrogen-bond acceptors (Lipinski definition) is 2. The van der Waals surface area contributed by atoms with Crippen molar-refractivity contribution in [2.45, 2.75) is 37.7 Å². The molecule has 78 valence electrons. The minimum atomic E-state index is -2.51. The van der Waals surface area contributed by atoms with Crippen molar-refractivity contribution >= 4 is 0 Å². The summed E-state index contributed by atoms with van der Waals surface area (Å²) < 4.78 is 30.2. The molecule has 0 amide bonds. The summed E-state index contributed by atoms with van der Waals surface area (Å²) in [6.07, 6.45) is 0.0208. The summed E-state index contributed by atoms with van der Waals surface area (Å²) in [6.45, 7) is 0.246. The molecule has 0 bridgehead atoms. The van der Waals surface area contributed by atoms with Gasteiger partial charge in [-0.15, -0.1) is 0 Å². The van der Waals surface area contributed by atoms with Gasteiger partial charge in [0.2, 0.25) is 5.92 Å². The molecule has 1 aliphatic carbocycles. The molecule has 13 heavy (non-hydrogen) atoms. The van der Waals surface area contributed by atoms with Gasteiger partial charge in [-0.3, -0.25) is 0 Å². The normalized spacial score (nSPS) is 25.8. The highest BCUT2D eigenvalue weighted by atomic mass is 19.3. The van der Waals surface area contributed by atoms with Gasteiger partial charge in [0.25, 0.3) is 0 Å². The van der Waals surface area contributed by atoms with E-state index in [4.69, 9.17) is 4.74 Å². The number of halogens is 2. The van der Waals surface area contributed by atoms with Gasteiger partial charge in [-0.2, -0.15) is 0 Å². The molecular weight excluding hydrogens is 178 g/mol. The molecule has 4 heteroatoms. The second-order valence-electron chi connectivity index (χ2n) is 3.72. The summed E-state index contributed by atoms with van der Waals surface area (Å²) in [6, 6.07) is 0. The monoisotopic (exact) mass is 194 g/mol. The van der Waals surface area contributed by atoms with Crippen molar-refractivity contribution in [3.8, 4) is 0 Å². The molecule has 0 aromatic carbocycles. The SMILES string of the molecule is COCC(O)C1CCC(F)(F)CC1. The molecule has 0 aromatic rings. The Kier molecular flexibility index (Phi) is 3.62. The minimum absolute atomic E-state index is 0.0143. The average molecular weight is 194 g/mol. The third kappa shape index (κ3) is 3.19. The summed E-state index contributed by atoms with van der Waals surface area (Å²) in [4.78, 5) is 0. The second kappa shape index (κ2) is 4.33. The smallest absolute Gasteiger partial charge is 0.248 e. The van der Waals surface area contributed by atoms with Crippen LogP contribution in [0, 0.1) is 5.92 Å². The Morgan fingerprint density at radius 1 is 1.46 bits per heavy atom. The molecule has 0 heterocycles. The van der Waals surface area contributed by atoms with Gasteiger partial charge >= 0.3 is 0 Å². The van der Waals surface area contributed by atoms with Gasteiger partial charge in [0.05, 0.1) is 12.7 Å². The Hall–Kier alpha value is -0.220. The van der Waals surface area contributed by atoms with Crippen LogP contribution in [0.2, 0.25) is 0 Å². The molecule has 1 rings (SSSR count). The maximum absolute atomic E-state index is 12.7. The first-order valence-electron chi connectivity index (χ1n) is 4.60. The molecule has 1 atom stereocenters. The van der Waals surface area contributed by atoms with Crippen LogP contribution in [0.4, 0.5) is 8.78 Å². The van der Waals surface area contributed by atoms with Crippen LogP contribution in [0.15, 0.2) is 0 Å². The molecule has 0 saturated heterocycles. The van der Waals surface area contributed by atoms with Crippen molar-refractivity contribution in [2.24, 2.45) is 5.92 Å². The molecule has 1 fully saturated rings. The highest BCUT2D eigenvalue weighted by Crippen LogP contribution is 2.37. The van der Waals surface area contributed by atoms with Gasteiger partial charge in [0.15, 0.2) is 0 Å². The lowest BCUT2D eigenvalue weighted by Crippen LogP contribution is -2.33. The predicted molar refractivity (Wildman–Crippen MR) is 44.8 cm³/mol. The number of alkyl halides is 2. The first-order valence-corrected chi connectivity index (χ1v) is 4.60. The van der Waals surface area contributed by atoms with E-state index in [1.807, 2.05) is 0 Å². The highest BCUT2D eigenvalue weighted by Gasteiger charge is 2.37. The predicted octanol–water partition coefficient (Wildman–Crippen LogP) is 1.82. The Morgan fingerprint density at radius 2 is 2.00 bits per heavy atom. The zero-order valence-corrected chi connectivity index (χ0v) is 7.80. The first kappa shape index (κ1) is 10.9. The third-order valence-electron chi connectivity index (χ3n) is 2.64. The zero-order chi connectivity index (χ0) is 9.90. The van der Waals surface area contributed by atoms with Gasteiger partial charge in [-0.1, -0.05) is 0 Å². The number of ether oxygens (including phenoxy) is 1. The topological polar surface area (TPSA) is 29.5 Å². The van der Waals surface area contributed by atoms with Crippen LogP contribution in [0.1, 0.15) is 25.7 Å². The van der Waals surface area contributed by atoms with E-state index in [0.717, 1.165) is 0 Å². The second-order valence-corrected chi connectivity index (χ2v) is 3.72. The lowest BCUT2D eigenvalue weighted by atomic mass is 9.83. The Balaban J connectivity index is 2.32. The van der Waals surface area contributed by atoms with Crippen molar-refractivity contribution in [3.05, 3.63) is 0 Å². The van der Waals surface area contributed by atoms with Crippen LogP contribution in [0.25, 0.3) is 0 Å². The van der Waals surface area contributed by atoms with Gasteiger partial charge < -0.3 is 9.84 Å². The molecule has 1 aliphatic rings. The molecule has 1 saturated carbocycles. The van der Waals surface area contributed by atoms with Crippen LogP contribution in [-0.2, 0) is 4.74 Å². The van der Waals surface area contributed by atoms with Crippen LogP contribution in [0.3, 0.4) is 0 Å². The average Bonchev–Trinajstić information content (AvgIpc) is 2.04. The summed E-state index contributed by atoms with van der Waals surface area (Å²) >= 11 is 0. The van der Waals surface area contributed by atoms with Gasteiger partial charge in [-0.25, -0.2) is 8.78 Å². The zero-order valence-electron chi connectivity index (χ0n) is 7.80. The van der Waals surface area contributed by atoms with Crippen molar-refractivity contribution in [1.29, 1.82) is 0 Å². The van der Waals surface area contributed by atoms with Crippen LogP contribution in [-0.4, -0.2) is 30.8 Å². The number of methoxy groups -OCH3 is 1. The van der Waals surface area contributed by atoms with E-state index >= 15 is 0 Å². The van der Waals surface area contributed by atoms with E-state index in [-0.39, 0.29) is 25.4 Å². The Morgan fingerprint density at radius 3 is 2.46 bits per heavy atom. The summed E-state index contributed by atoms with van der Waals surface area (Å²) in [7, 11) is 1.50. The highest BCUT2D eigenvalue weighted by molar-refractivity contribution is 4.81. The van der Waals surface area contributed by atoms with E-state index in [1.165, 1.54) is 7.11 Å². The van der Waals surface area contributed by atoms with E-state index in [9.17, 15) is 13.9 Å². The molecule has 1 N–H and O–H groups in total. The van der Waals surface area contributed by atoms with Gasteiger partial charge in [0.1, 0.15) is 0 Å². The van der Waals surface area contributed by atoms with Crippen molar-refractivity contribution in [2.75, 3.05) is 13.7 Å². The van der Waals surface area contributed by atoms with Gasteiger partial charge in [0, 0.05) is 20.0 Å². The van der Waals surface area contributed by atoms with E-state index in [0.29, 0.717) is 12.8 Å². The van der Waals surface area contributed by atoms with E-state index in [2.05, 4.69) is 0 Å². The summed E-state index contributed by atoms with van der Waals surface area (Å²) in [5.74, 6) is -2.52. The Bertz CT molecular complexity index is 152. The summed E-state index contributed by atoms with van der Waals surface area (Å²) in [5, 5.41) is 9.47.